The van der Waals surface area contributed by atoms with Gasteiger partial charge in [0.1, 0.15) is 11.5 Å². The highest BCUT2D eigenvalue weighted by Gasteiger charge is 2.23. The van der Waals surface area contributed by atoms with Crippen molar-refractivity contribution in [3.63, 3.8) is 0 Å². The summed E-state index contributed by atoms with van der Waals surface area (Å²) in [4.78, 5) is 27.2. The lowest BCUT2D eigenvalue weighted by Crippen LogP contribution is -2.43. The summed E-state index contributed by atoms with van der Waals surface area (Å²) in [5.74, 6) is -1.54. The number of hydrogen-bond acceptors (Lipinski definition) is 4. The lowest BCUT2D eigenvalue weighted by molar-refractivity contribution is -0.137. The lowest BCUT2D eigenvalue weighted by Gasteiger charge is -2.25. The van der Waals surface area contributed by atoms with Crippen molar-refractivity contribution in [3.05, 3.63) is 51.7 Å². The summed E-state index contributed by atoms with van der Waals surface area (Å²) in [5, 5.41) is 13.9. The molecular formula is C17H19FN2O3S. The predicted molar refractivity (Wildman–Crippen MR) is 89.7 cm³/mol. The van der Waals surface area contributed by atoms with Crippen molar-refractivity contribution in [2.75, 3.05) is 0 Å². The number of aliphatic carboxylic acids is 1. The van der Waals surface area contributed by atoms with Gasteiger partial charge in [0.05, 0.1) is 5.01 Å². The summed E-state index contributed by atoms with van der Waals surface area (Å²) in [7, 11) is 0. The molecule has 5 nitrogen and oxygen atoms in total. The summed E-state index contributed by atoms with van der Waals surface area (Å²) in [6.45, 7) is 3.54. The minimum atomic E-state index is -0.900. The summed E-state index contributed by atoms with van der Waals surface area (Å²) < 4.78 is 13.2. The van der Waals surface area contributed by atoms with Gasteiger partial charge in [-0.3, -0.25) is 9.59 Å². The van der Waals surface area contributed by atoms with E-state index in [-0.39, 0.29) is 23.8 Å². The zero-order chi connectivity index (χ0) is 17.7. The van der Waals surface area contributed by atoms with Crippen molar-refractivity contribution in [3.8, 4) is 0 Å². The summed E-state index contributed by atoms with van der Waals surface area (Å²) in [5.41, 5.74) is 0.440. The number of rotatable bonds is 7. The molecule has 128 valence electrons. The Kier molecular flexibility index (Phi) is 5.66. The van der Waals surface area contributed by atoms with E-state index >= 15 is 0 Å². The number of hydrogen-bond donors (Lipinski definition) is 2. The minimum absolute atomic E-state index is 0.0187. The largest absolute Gasteiger partial charge is 0.481 e. The molecule has 0 saturated heterocycles. The zero-order valence-electron chi connectivity index (χ0n) is 13.5. The molecule has 24 heavy (non-hydrogen) atoms. The van der Waals surface area contributed by atoms with Gasteiger partial charge in [-0.15, -0.1) is 11.3 Å². The Bertz CT molecular complexity index is 743. The number of carbonyl (C=O) groups excluding carboxylic acids is 1. The highest BCUT2D eigenvalue weighted by atomic mass is 32.1. The van der Waals surface area contributed by atoms with Crippen LogP contribution in [0.15, 0.2) is 29.6 Å². The Morgan fingerprint density at radius 2 is 2.12 bits per heavy atom. The molecule has 0 aliphatic carbocycles. The summed E-state index contributed by atoms with van der Waals surface area (Å²) in [6, 6.07) is 6.26. The number of carboxylic acid groups (broad SMARTS) is 1. The van der Waals surface area contributed by atoms with Crippen LogP contribution < -0.4 is 5.32 Å². The molecule has 1 aromatic carbocycles. The first-order valence-electron chi connectivity index (χ1n) is 7.48. The summed E-state index contributed by atoms with van der Waals surface area (Å²) >= 11 is 1.33. The van der Waals surface area contributed by atoms with Crippen LogP contribution in [-0.4, -0.2) is 27.5 Å². The van der Waals surface area contributed by atoms with Crippen molar-refractivity contribution >= 4 is 23.2 Å². The molecule has 0 atom stereocenters. The molecule has 2 aromatic rings. The van der Waals surface area contributed by atoms with Crippen molar-refractivity contribution < 1.29 is 19.1 Å². The Hall–Kier alpha value is -2.28. The van der Waals surface area contributed by atoms with Crippen LogP contribution in [0, 0.1) is 5.82 Å². The van der Waals surface area contributed by atoms with Crippen LogP contribution in [0.25, 0.3) is 0 Å². The van der Waals surface area contributed by atoms with Gasteiger partial charge in [-0.2, -0.15) is 0 Å². The van der Waals surface area contributed by atoms with Gasteiger partial charge in [-0.25, -0.2) is 9.37 Å². The first-order chi connectivity index (χ1) is 11.2. The predicted octanol–water partition coefficient (Wildman–Crippen LogP) is 3.25. The molecule has 1 aromatic heterocycles. The topological polar surface area (TPSA) is 79.3 Å². The van der Waals surface area contributed by atoms with Crippen LogP contribution in [-0.2, 0) is 11.2 Å². The van der Waals surface area contributed by atoms with Gasteiger partial charge in [0.15, 0.2) is 0 Å². The molecule has 2 rings (SSSR count). The van der Waals surface area contributed by atoms with Crippen molar-refractivity contribution in [1.29, 1.82) is 0 Å². The third-order valence-electron chi connectivity index (χ3n) is 3.44. The third kappa shape index (κ3) is 5.42. The Morgan fingerprint density at radius 3 is 2.79 bits per heavy atom. The molecule has 0 fully saturated rings. The van der Waals surface area contributed by atoms with Crippen LogP contribution in [0.4, 0.5) is 4.39 Å². The van der Waals surface area contributed by atoms with E-state index in [1.54, 1.807) is 31.4 Å². The first-order valence-corrected chi connectivity index (χ1v) is 8.36. The maximum absolute atomic E-state index is 13.2. The van der Waals surface area contributed by atoms with Gasteiger partial charge < -0.3 is 10.4 Å². The molecule has 0 aliphatic heterocycles. The van der Waals surface area contributed by atoms with Gasteiger partial charge >= 0.3 is 5.97 Å². The number of carbonyl (C=O) groups is 2. The number of aromatic nitrogens is 1. The van der Waals surface area contributed by atoms with E-state index in [0.29, 0.717) is 17.8 Å². The molecule has 7 heteroatoms. The van der Waals surface area contributed by atoms with Gasteiger partial charge in [-0.05, 0) is 38.0 Å². The second-order valence-electron chi connectivity index (χ2n) is 6.16. The fraction of sp³-hybridized carbons (Fsp3) is 0.353. The molecule has 0 aliphatic rings. The zero-order valence-corrected chi connectivity index (χ0v) is 14.3. The monoisotopic (exact) mass is 350 g/mol. The fourth-order valence-corrected chi connectivity index (χ4v) is 2.98. The molecule has 1 amide bonds. The van der Waals surface area contributed by atoms with E-state index < -0.39 is 11.5 Å². The minimum Gasteiger partial charge on any atom is -0.481 e. The normalized spacial score (nSPS) is 11.3. The van der Waals surface area contributed by atoms with Crippen LogP contribution in [0.3, 0.4) is 0 Å². The van der Waals surface area contributed by atoms with Gasteiger partial charge in [0.25, 0.3) is 5.91 Å². The Morgan fingerprint density at radius 1 is 1.38 bits per heavy atom. The lowest BCUT2D eigenvalue weighted by atomic mass is 9.98. The summed E-state index contributed by atoms with van der Waals surface area (Å²) in [6.07, 6.45) is 0.766. The number of halogens is 1. The quantitative estimate of drug-likeness (QED) is 0.803. The molecule has 0 bridgehead atoms. The number of nitrogens with one attached hydrogen (secondary N) is 1. The molecule has 2 N–H and O–H groups in total. The van der Waals surface area contributed by atoms with Crippen molar-refractivity contribution in [2.45, 2.75) is 38.6 Å². The molecule has 0 unspecified atom stereocenters. The average Bonchev–Trinajstić information content (AvgIpc) is 2.93. The molecule has 0 radical (unpaired) electrons. The Balaban J connectivity index is 1.99. The smallest absolute Gasteiger partial charge is 0.303 e. The standard InChI is InChI=1S/C17H19FN2O3S/c1-17(2,7-6-15(21)22)20-16(23)13-10-24-14(19-13)9-11-4-3-5-12(18)8-11/h3-5,8,10H,6-7,9H2,1-2H3,(H,20,23)(H,21,22). The maximum Gasteiger partial charge on any atom is 0.303 e. The van der Waals surface area contributed by atoms with Gasteiger partial charge in [0, 0.05) is 23.8 Å². The van der Waals surface area contributed by atoms with E-state index in [1.165, 1.54) is 23.5 Å². The SMILES string of the molecule is CC(C)(CCC(=O)O)NC(=O)c1csc(Cc2cccc(F)c2)n1. The van der Waals surface area contributed by atoms with Crippen LogP contribution >= 0.6 is 11.3 Å². The second kappa shape index (κ2) is 7.53. The number of amides is 1. The number of benzene rings is 1. The van der Waals surface area contributed by atoms with Gasteiger partial charge in [0.2, 0.25) is 0 Å². The number of carboxylic acids is 1. The highest BCUT2D eigenvalue weighted by molar-refractivity contribution is 7.09. The highest BCUT2D eigenvalue weighted by Crippen LogP contribution is 2.17. The molecule has 0 saturated carbocycles. The van der Waals surface area contributed by atoms with E-state index in [1.807, 2.05) is 0 Å². The van der Waals surface area contributed by atoms with E-state index in [4.69, 9.17) is 5.11 Å². The fourth-order valence-electron chi connectivity index (χ4n) is 2.17. The van der Waals surface area contributed by atoms with Crippen LogP contribution in [0.1, 0.15) is 47.7 Å². The average molecular weight is 350 g/mol. The van der Waals surface area contributed by atoms with E-state index in [9.17, 15) is 14.0 Å². The van der Waals surface area contributed by atoms with Crippen LogP contribution in [0.2, 0.25) is 0 Å². The van der Waals surface area contributed by atoms with Gasteiger partial charge in [-0.1, -0.05) is 12.1 Å². The third-order valence-corrected chi connectivity index (χ3v) is 4.29. The van der Waals surface area contributed by atoms with Crippen molar-refractivity contribution in [1.82, 2.24) is 10.3 Å². The van der Waals surface area contributed by atoms with E-state index in [0.717, 1.165) is 5.56 Å². The van der Waals surface area contributed by atoms with Crippen LogP contribution in [0.5, 0.6) is 0 Å². The Labute approximate surface area is 143 Å². The second-order valence-corrected chi connectivity index (χ2v) is 7.11. The first kappa shape index (κ1) is 18.1. The molecular weight excluding hydrogens is 331 g/mol. The number of nitrogens with zero attached hydrogens (tertiary/aromatic N) is 1. The maximum atomic E-state index is 13.2. The van der Waals surface area contributed by atoms with Crippen molar-refractivity contribution in [2.24, 2.45) is 0 Å². The number of thiazole rings is 1. The molecule has 1 heterocycles. The molecule has 0 spiro atoms. The van der Waals surface area contributed by atoms with E-state index in [2.05, 4.69) is 10.3 Å².